The summed E-state index contributed by atoms with van der Waals surface area (Å²) in [7, 11) is 3.69. The quantitative estimate of drug-likeness (QED) is 0.684. The summed E-state index contributed by atoms with van der Waals surface area (Å²) in [5, 5.41) is 3.09. The second-order valence-electron chi connectivity index (χ2n) is 8.07. The van der Waals surface area contributed by atoms with Crippen LogP contribution in [0.3, 0.4) is 0 Å². The monoisotopic (exact) mass is 403 g/mol. The van der Waals surface area contributed by atoms with Gasteiger partial charge in [-0.1, -0.05) is 24.3 Å². The molecule has 0 saturated heterocycles. The predicted molar refractivity (Wildman–Crippen MR) is 120 cm³/mol. The number of amides is 1. The third-order valence-electron chi connectivity index (χ3n) is 6.13. The first-order valence-corrected chi connectivity index (χ1v) is 10.4. The Morgan fingerprint density at radius 1 is 1.13 bits per heavy atom. The van der Waals surface area contributed by atoms with Crippen molar-refractivity contribution in [1.82, 2.24) is 9.47 Å². The molecule has 5 nitrogen and oxygen atoms in total. The van der Waals surface area contributed by atoms with Gasteiger partial charge in [0.2, 0.25) is 0 Å². The average molecular weight is 404 g/mol. The van der Waals surface area contributed by atoms with Gasteiger partial charge in [-0.15, -0.1) is 0 Å². The number of hydrogen-bond donors (Lipinski definition) is 1. The highest BCUT2D eigenvalue weighted by molar-refractivity contribution is 6.04. The van der Waals surface area contributed by atoms with Crippen molar-refractivity contribution >= 4 is 11.6 Å². The highest BCUT2D eigenvalue weighted by Crippen LogP contribution is 2.26. The zero-order chi connectivity index (χ0) is 21.3. The molecule has 1 N–H and O–H groups in total. The first-order valence-electron chi connectivity index (χ1n) is 10.4. The van der Waals surface area contributed by atoms with E-state index in [1.54, 1.807) is 7.11 Å². The van der Waals surface area contributed by atoms with Gasteiger partial charge in [-0.25, -0.2) is 0 Å². The van der Waals surface area contributed by atoms with E-state index in [-0.39, 0.29) is 5.91 Å². The number of anilines is 1. The summed E-state index contributed by atoms with van der Waals surface area (Å²) in [6.07, 6.45) is 0.937. The van der Waals surface area contributed by atoms with Crippen molar-refractivity contribution in [2.45, 2.75) is 33.4 Å². The molecular weight excluding hydrogens is 374 g/mol. The van der Waals surface area contributed by atoms with Crippen molar-refractivity contribution in [3.05, 3.63) is 82.2 Å². The third kappa shape index (κ3) is 3.98. The molecule has 2 aromatic carbocycles. The van der Waals surface area contributed by atoms with Crippen molar-refractivity contribution in [2.24, 2.45) is 7.05 Å². The van der Waals surface area contributed by atoms with Gasteiger partial charge < -0.3 is 14.6 Å². The van der Waals surface area contributed by atoms with Crippen LogP contribution in [0.1, 0.15) is 38.4 Å². The van der Waals surface area contributed by atoms with Gasteiger partial charge in [0, 0.05) is 44.5 Å². The van der Waals surface area contributed by atoms with Crippen LogP contribution in [0.15, 0.2) is 48.5 Å². The Morgan fingerprint density at radius 2 is 1.93 bits per heavy atom. The summed E-state index contributed by atoms with van der Waals surface area (Å²) in [4.78, 5) is 15.4. The number of carbonyl (C=O) groups is 1. The average Bonchev–Trinajstić information content (AvgIpc) is 3.07. The second kappa shape index (κ2) is 8.36. The summed E-state index contributed by atoms with van der Waals surface area (Å²) in [6.45, 7) is 6.79. The van der Waals surface area contributed by atoms with Gasteiger partial charge >= 0.3 is 0 Å². The van der Waals surface area contributed by atoms with Crippen molar-refractivity contribution < 1.29 is 9.53 Å². The van der Waals surface area contributed by atoms with Crippen molar-refractivity contribution in [3.63, 3.8) is 0 Å². The molecule has 0 fully saturated rings. The van der Waals surface area contributed by atoms with E-state index in [2.05, 4.69) is 39.9 Å². The fraction of sp³-hybridized carbons (Fsp3) is 0.320. The Hall–Kier alpha value is -3.05. The van der Waals surface area contributed by atoms with E-state index in [1.807, 2.05) is 44.3 Å². The number of benzene rings is 2. The van der Waals surface area contributed by atoms with Gasteiger partial charge in [-0.2, -0.15) is 0 Å². The van der Waals surface area contributed by atoms with E-state index < -0.39 is 0 Å². The topological polar surface area (TPSA) is 46.5 Å². The zero-order valence-electron chi connectivity index (χ0n) is 18.2. The maximum Gasteiger partial charge on any atom is 0.272 e. The summed E-state index contributed by atoms with van der Waals surface area (Å²) in [6, 6.07) is 16.3. The van der Waals surface area contributed by atoms with Crippen LogP contribution in [0, 0.1) is 13.8 Å². The number of nitrogens with zero attached hydrogens (tertiary/aromatic N) is 2. The summed E-state index contributed by atoms with van der Waals surface area (Å²) in [5.41, 5.74) is 7.59. The molecule has 1 amide bonds. The van der Waals surface area contributed by atoms with Crippen LogP contribution in [0.5, 0.6) is 5.75 Å². The van der Waals surface area contributed by atoms with E-state index >= 15 is 0 Å². The van der Waals surface area contributed by atoms with Gasteiger partial charge in [0.25, 0.3) is 5.91 Å². The van der Waals surface area contributed by atoms with Crippen molar-refractivity contribution in [2.75, 3.05) is 19.0 Å². The molecular formula is C25H29N3O2. The molecule has 1 aliphatic heterocycles. The van der Waals surface area contributed by atoms with Crippen molar-refractivity contribution in [1.29, 1.82) is 0 Å². The minimum atomic E-state index is -0.0556. The molecule has 0 radical (unpaired) electrons. The Balaban J connectivity index is 1.50. The van der Waals surface area contributed by atoms with Crippen LogP contribution < -0.4 is 10.1 Å². The molecule has 0 unspecified atom stereocenters. The molecule has 0 spiro atoms. The van der Waals surface area contributed by atoms with Gasteiger partial charge in [-0.05, 0) is 60.4 Å². The van der Waals surface area contributed by atoms with Gasteiger partial charge in [0.05, 0.1) is 7.11 Å². The zero-order valence-corrected chi connectivity index (χ0v) is 18.2. The standard InChI is InChI=1S/C25H29N3O2/c1-17-7-5-10-22(18(17)2)26-25(29)24-14-20-16-28(12-11-23(20)27(24)3)15-19-8-6-9-21(13-19)30-4/h5-10,13-14H,11-12,15-16H2,1-4H3,(H,26,29). The van der Waals surface area contributed by atoms with Crippen LogP contribution in [0.4, 0.5) is 5.69 Å². The number of nitrogens with one attached hydrogen (secondary N) is 1. The normalized spacial score (nSPS) is 13.7. The van der Waals surface area contributed by atoms with E-state index in [9.17, 15) is 4.79 Å². The SMILES string of the molecule is COc1cccc(CN2CCc3c(cc(C(=O)Nc4cccc(C)c4C)n3C)C2)c1. The molecule has 4 rings (SSSR count). The number of aromatic nitrogens is 1. The van der Waals surface area contributed by atoms with E-state index in [1.165, 1.54) is 22.4 Å². The first-order chi connectivity index (χ1) is 14.5. The van der Waals surface area contributed by atoms with E-state index in [0.717, 1.165) is 43.1 Å². The second-order valence-corrected chi connectivity index (χ2v) is 8.07. The first kappa shape index (κ1) is 20.2. The molecule has 3 aromatic rings. The Morgan fingerprint density at radius 3 is 2.73 bits per heavy atom. The number of ether oxygens (including phenoxy) is 1. The molecule has 2 heterocycles. The largest absolute Gasteiger partial charge is 0.497 e. The highest BCUT2D eigenvalue weighted by atomic mass is 16.5. The molecule has 30 heavy (non-hydrogen) atoms. The lowest BCUT2D eigenvalue weighted by Crippen LogP contribution is -2.30. The highest BCUT2D eigenvalue weighted by Gasteiger charge is 2.24. The summed E-state index contributed by atoms with van der Waals surface area (Å²) < 4.78 is 7.40. The molecule has 0 bridgehead atoms. The Labute approximate surface area is 178 Å². The molecule has 1 aromatic heterocycles. The Kier molecular flexibility index (Phi) is 5.64. The van der Waals surface area contributed by atoms with E-state index in [4.69, 9.17) is 4.74 Å². The minimum Gasteiger partial charge on any atom is -0.497 e. The third-order valence-corrected chi connectivity index (χ3v) is 6.13. The fourth-order valence-corrected chi connectivity index (χ4v) is 4.21. The number of carbonyl (C=O) groups excluding carboxylic acids is 1. The van der Waals surface area contributed by atoms with E-state index in [0.29, 0.717) is 5.69 Å². The molecule has 0 aliphatic carbocycles. The molecule has 1 aliphatic rings. The maximum absolute atomic E-state index is 13.0. The minimum absolute atomic E-state index is 0.0556. The molecule has 5 heteroatoms. The lowest BCUT2D eigenvalue weighted by Gasteiger charge is -2.27. The van der Waals surface area contributed by atoms with Crippen LogP contribution in [-0.2, 0) is 26.6 Å². The maximum atomic E-state index is 13.0. The number of methoxy groups -OCH3 is 1. The number of hydrogen-bond acceptors (Lipinski definition) is 3. The van der Waals surface area contributed by atoms with Gasteiger partial charge in [0.15, 0.2) is 0 Å². The lowest BCUT2D eigenvalue weighted by atomic mass is 10.1. The van der Waals surface area contributed by atoms with Gasteiger partial charge in [-0.3, -0.25) is 9.69 Å². The van der Waals surface area contributed by atoms with Crippen LogP contribution in [0.25, 0.3) is 0 Å². The molecule has 0 saturated carbocycles. The smallest absolute Gasteiger partial charge is 0.272 e. The van der Waals surface area contributed by atoms with Crippen LogP contribution in [0.2, 0.25) is 0 Å². The number of aryl methyl sites for hydroxylation is 1. The fourth-order valence-electron chi connectivity index (χ4n) is 4.21. The van der Waals surface area contributed by atoms with Crippen molar-refractivity contribution in [3.8, 4) is 5.75 Å². The summed E-state index contributed by atoms with van der Waals surface area (Å²) in [5.74, 6) is 0.829. The lowest BCUT2D eigenvalue weighted by molar-refractivity contribution is 0.101. The molecule has 156 valence electrons. The van der Waals surface area contributed by atoms with Crippen LogP contribution in [-0.4, -0.2) is 29.0 Å². The summed E-state index contributed by atoms with van der Waals surface area (Å²) >= 11 is 0. The van der Waals surface area contributed by atoms with Crippen LogP contribution >= 0.6 is 0 Å². The number of rotatable bonds is 5. The Bertz CT molecular complexity index is 1080. The molecule has 0 atom stereocenters. The predicted octanol–water partition coefficient (Wildman–Crippen LogP) is 4.46. The number of fused-ring (bicyclic) bond motifs is 1. The van der Waals surface area contributed by atoms with Gasteiger partial charge in [0.1, 0.15) is 11.4 Å².